The largest absolute Gasteiger partial charge is 0.508 e. The number of phenolic OH excluding ortho intramolecular Hbond substituents is 1. The Morgan fingerprint density at radius 1 is 0.857 bits per heavy atom. The van der Waals surface area contributed by atoms with E-state index in [1.54, 1.807) is 6.07 Å². The molecule has 0 aliphatic carbocycles. The molecule has 1 rings (SSSR count). The van der Waals surface area contributed by atoms with Crippen molar-refractivity contribution in [3.8, 4) is 5.75 Å². The number of benzene rings is 1. The first kappa shape index (κ1) is 18.2. The molecule has 21 heavy (non-hydrogen) atoms. The van der Waals surface area contributed by atoms with Crippen LogP contribution in [-0.2, 0) is 19.3 Å². The van der Waals surface area contributed by atoms with Gasteiger partial charge in [0.15, 0.2) is 0 Å². The summed E-state index contributed by atoms with van der Waals surface area (Å²) in [5.41, 5.74) is 0.826. The van der Waals surface area contributed by atoms with Gasteiger partial charge in [0.05, 0.1) is 0 Å². The number of hydrogen-bond donors (Lipinski definition) is 1. The van der Waals surface area contributed by atoms with Gasteiger partial charge >= 0.3 is 8.80 Å². The Morgan fingerprint density at radius 3 is 1.76 bits per heavy atom. The molecule has 0 saturated heterocycles. The van der Waals surface area contributed by atoms with E-state index in [0.29, 0.717) is 25.9 Å². The summed E-state index contributed by atoms with van der Waals surface area (Å²) in [7, 11) is -2.79. The first-order valence-corrected chi connectivity index (χ1v) is 9.79. The minimum Gasteiger partial charge on any atom is -0.508 e. The fourth-order valence-corrected chi connectivity index (χ4v) is 4.81. The molecule has 1 aromatic rings. The first-order chi connectivity index (χ1) is 10.2. The molecular weight excluding hydrogens is 284 g/mol. The van der Waals surface area contributed by atoms with Crippen molar-refractivity contribution in [3.05, 3.63) is 29.8 Å². The lowest BCUT2D eigenvalue weighted by atomic mass is 10.2. The van der Waals surface area contributed by atoms with Gasteiger partial charge in [-0.1, -0.05) is 39.0 Å². The Hall–Kier alpha value is -0.883. The number of phenols is 1. The van der Waals surface area contributed by atoms with Gasteiger partial charge in [-0.05, 0) is 30.9 Å². The molecule has 0 atom stereocenters. The number of para-hydroxylation sites is 1. The van der Waals surface area contributed by atoms with E-state index in [2.05, 4.69) is 20.8 Å². The molecule has 0 aliphatic rings. The SMILES string of the molecule is CCCO[Si](Cc1ccccc1O)(OCCC)OCCC. The van der Waals surface area contributed by atoms with Gasteiger partial charge in [-0.3, -0.25) is 0 Å². The highest BCUT2D eigenvalue weighted by molar-refractivity contribution is 6.60. The van der Waals surface area contributed by atoms with Gasteiger partial charge < -0.3 is 18.4 Å². The number of aromatic hydroxyl groups is 1. The molecule has 1 N–H and O–H groups in total. The highest BCUT2D eigenvalue weighted by atomic mass is 28.4. The molecule has 0 aromatic heterocycles. The Bertz CT molecular complexity index is 376. The van der Waals surface area contributed by atoms with E-state index in [0.717, 1.165) is 24.8 Å². The Balaban J connectivity index is 2.92. The van der Waals surface area contributed by atoms with Crippen LogP contribution < -0.4 is 0 Å². The summed E-state index contributed by atoms with van der Waals surface area (Å²) >= 11 is 0. The highest BCUT2D eigenvalue weighted by Crippen LogP contribution is 2.24. The second kappa shape index (κ2) is 9.95. The van der Waals surface area contributed by atoms with Crippen molar-refractivity contribution in [2.45, 2.75) is 46.1 Å². The van der Waals surface area contributed by atoms with Gasteiger partial charge in [0, 0.05) is 25.9 Å². The van der Waals surface area contributed by atoms with Crippen molar-refractivity contribution in [3.63, 3.8) is 0 Å². The highest BCUT2D eigenvalue weighted by Gasteiger charge is 2.41. The summed E-state index contributed by atoms with van der Waals surface area (Å²) in [4.78, 5) is 0. The summed E-state index contributed by atoms with van der Waals surface area (Å²) in [6.07, 6.45) is 2.75. The molecule has 0 heterocycles. The van der Waals surface area contributed by atoms with Crippen molar-refractivity contribution in [1.29, 1.82) is 0 Å². The average molecular weight is 312 g/mol. The van der Waals surface area contributed by atoms with Crippen molar-refractivity contribution >= 4 is 8.80 Å². The van der Waals surface area contributed by atoms with E-state index >= 15 is 0 Å². The standard InChI is InChI=1S/C16H28O4Si/c1-4-11-18-21(19-12-5-2,20-13-6-3)14-15-9-7-8-10-16(15)17/h7-10,17H,4-6,11-14H2,1-3H3. The zero-order valence-corrected chi connectivity index (χ0v) is 14.4. The molecule has 0 amide bonds. The van der Waals surface area contributed by atoms with Gasteiger partial charge in [-0.15, -0.1) is 0 Å². The average Bonchev–Trinajstić information content (AvgIpc) is 2.51. The van der Waals surface area contributed by atoms with Gasteiger partial charge in [-0.25, -0.2) is 0 Å². The molecular formula is C16H28O4Si. The molecule has 0 saturated carbocycles. The quantitative estimate of drug-likeness (QED) is 0.633. The zero-order valence-electron chi connectivity index (χ0n) is 13.4. The van der Waals surface area contributed by atoms with Crippen LogP contribution in [0.2, 0.25) is 0 Å². The van der Waals surface area contributed by atoms with Crippen LogP contribution in [0.25, 0.3) is 0 Å². The maximum atomic E-state index is 10.0. The summed E-state index contributed by atoms with van der Waals surface area (Å²) < 4.78 is 18.1. The lowest BCUT2D eigenvalue weighted by Crippen LogP contribution is -2.49. The van der Waals surface area contributed by atoms with E-state index in [-0.39, 0.29) is 5.75 Å². The summed E-state index contributed by atoms with van der Waals surface area (Å²) in [6.45, 7) is 8.06. The molecule has 5 heteroatoms. The molecule has 0 radical (unpaired) electrons. The van der Waals surface area contributed by atoms with Crippen molar-refractivity contribution in [2.75, 3.05) is 19.8 Å². The number of rotatable bonds is 11. The van der Waals surface area contributed by atoms with Crippen LogP contribution in [-0.4, -0.2) is 33.7 Å². The maximum absolute atomic E-state index is 10.0. The molecule has 1 aromatic carbocycles. The summed E-state index contributed by atoms with van der Waals surface area (Å²) in [5, 5.41) is 10.0. The molecule has 4 nitrogen and oxygen atoms in total. The minimum atomic E-state index is -2.79. The summed E-state index contributed by atoms with van der Waals surface area (Å²) in [5.74, 6) is 0.273. The van der Waals surface area contributed by atoms with Crippen molar-refractivity contribution < 1.29 is 18.4 Å². The fraction of sp³-hybridized carbons (Fsp3) is 0.625. The molecule has 0 fully saturated rings. The topological polar surface area (TPSA) is 47.9 Å². The Morgan fingerprint density at radius 2 is 1.33 bits per heavy atom. The van der Waals surface area contributed by atoms with E-state index < -0.39 is 8.80 Å². The number of hydrogen-bond acceptors (Lipinski definition) is 4. The van der Waals surface area contributed by atoms with Crippen LogP contribution in [0.15, 0.2) is 24.3 Å². The van der Waals surface area contributed by atoms with E-state index in [1.807, 2.05) is 18.2 Å². The van der Waals surface area contributed by atoms with E-state index in [9.17, 15) is 5.11 Å². The molecule has 120 valence electrons. The van der Waals surface area contributed by atoms with Crippen LogP contribution in [0.4, 0.5) is 0 Å². The third kappa shape index (κ3) is 6.18. The molecule has 0 spiro atoms. The third-order valence-electron chi connectivity index (χ3n) is 2.98. The van der Waals surface area contributed by atoms with Crippen molar-refractivity contribution in [1.82, 2.24) is 0 Å². The predicted octanol–water partition coefficient (Wildman–Crippen LogP) is 3.69. The van der Waals surface area contributed by atoms with Crippen LogP contribution in [0.3, 0.4) is 0 Å². The Labute approximate surface area is 129 Å². The van der Waals surface area contributed by atoms with Gasteiger partial charge in [0.1, 0.15) is 5.75 Å². The van der Waals surface area contributed by atoms with Gasteiger partial charge in [0.25, 0.3) is 0 Å². The van der Waals surface area contributed by atoms with Crippen LogP contribution in [0, 0.1) is 0 Å². The zero-order chi connectivity index (χ0) is 15.6. The van der Waals surface area contributed by atoms with E-state index in [1.165, 1.54) is 0 Å². The lowest BCUT2D eigenvalue weighted by Gasteiger charge is -2.30. The lowest BCUT2D eigenvalue weighted by molar-refractivity contribution is 0.0581. The molecule has 0 unspecified atom stereocenters. The van der Waals surface area contributed by atoms with Gasteiger partial charge in [-0.2, -0.15) is 0 Å². The van der Waals surface area contributed by atoms with Crippen LogP contribution >= 0.6 is 0 Å². The van der Waals surface area contributed by atoms with Crippen molar-refractivity contribution in [2.24, 2.45) is 0 Å². The molecule has 0 bridgehead atoms. The van der Waals surface area contributed by atoms with Gasteiger partial charge in [0.2, 0.25) is 0 Å². The third-order valence-corrected chi connectivity index (χ3v) is 5.72. The smallest absolute Gasteiger partial charge is 0.505 e. The monoisotopic (exact) mass is 312 g/mol. The first-order valence-electron chi connectivity index (χ1n) is 7.86. The van der Waals surface area contributed by atoms with E-state index in [4.69, 9.17) is 13.3 Å². The fourth-order valence-electron chi connectivity index (χ4n) is 1.94. The van der Waals surface area contributed by atoms with Crippen LogP contribution in [0.1, 0.15) is 45.6 Å². The second-order valence-corrected chi connectivity index (χ2v) is 7.62. The normalized spacial score (nSPS) is 11.8. The van der Waals surface area contributed by atoms with Crippen LogP contribution in [0.5, 0.6) is 5.75 Å². The maximum Gasteiger partial charge on any atom is 0.505 e. The second-order valence-electron chi connectivity index (χ2n) is 5.03. The summed E-state index contributed by atoms with van der Waals surface area (Å²) in [6, 6.07) is 7.83. The molecule has 0 aliphatic heterocycles. The Kier molecular flexibility index (Phi) is 8.60. The predicted molar refractivity (Wildman–Crippen MR) is 86.3 cm³/mol. The minimum absolute atomic E-state index is 0.273.